The third-order valence-electron chi connectivity index (χ3n) is 4.12. The Hall–Kier alpha value is -1.29. The van der Waals surface area contributed by atoms with Crippen LogP contribution in [0.3, 0.4) is 0 Å². The zero-order valence-corrected chi connectivity index (χ0v) is 13.9. The van der Waals surface area contributed by atoms with Gasteiger partial charge in [0.1, 0.15) is 10.9 Å². The molecule has 1 aromatic rings. The summed E-state index contributed by atoms with van der Waals surface area (Å²) >= 11 is 1.44. The molecule has 0 bridgehead atoms. The Morgan fingerprint density at radius 1 is 1.38 bits per heavy atom. The fourth-order valence-corrected chi connectivity index (χ4v) is 3.51. The van der Waals surface area contributed by atoms with Crippen LogP contribution in [0.1, 0.15) is 18.7 Å². The average Bonchev–Trinajstić information content (AvgIpc) is 2.81. The number of rotatable bonds is 5. The maximum Gasteiger partial charge on any atom is 0.129 e. The number of nitrogens with zero attached hydrogens (tertiary/aromatic N) is 3. The predicted molar refractivity (Wildman–Crippen MR) is 89.6 cm³/mol. The Kier molecular flexibility index (Phi) is 5.45. The van der Waals surface area contributed by atoms with E-state index in [-0.39, 0.29) is 0 Å². The molecule has 1 atom stereocenters. The molecule has 3 N–H and O–H groups in total. The molecule has 1 aromatic heterocycles. The minimum atomic E-state index is 0.507. The predicted octanol–water partition coefficient (Wildman–Crippen LogP) is 1.89. The smallest absolute Gasteiger partial charge is 0.129 e. The summed E-state index contributed by atoms with van der Waals surface area (Å²) in [6.07, 6.45) is 0. The first-order valence-corrected chi connectivity index (χ1v) is 8.28. The van der Waals surface area contributed by atoms with E-state index in [0.29, 0.717) is 22.5 Å². The summed E-state index contributed by atoms with van der Waals surface area (Å²) in [5.74, 6) is 0.591. The van der Waals surface area contributed by atoms with Crippen LogP contribution >= 0.6 is 11.3 Å². The molecular weight excluding hydrogens is 282 g/mol. The van der Waals surface area contributed by atoms with Crippen molar-refractivity contribution in [3.05, 3.63) is 10.9 Å². The van der Waals surface area contributed by atoms with Crippen LogP contribution in [0.15, 0.2) is 6.07 Å². The molecule has 1 aliphatic heterocycles. The molecule has 2 heterocycles. The molecule has 0 radical (unpaired) electrons. The van der Waals surface area contributed by atoms with Gasteiger partial charge in [-0.2, -0.15) is 5.26 Å². The SMILES string of the molecule is CC(C)C(CNc1cc(N)c(C#N)s1)N1CCN(C)CC1. The van der Waals surface area contributed by atoms with Gasteiger partial charge >= 0.3 is 0 Å². The zero-order chi connectivity index (χ0) is 15.4. The molecule has 1 saturated heterocycles. The van der Waals surface area contributed by atoms with E-state index in [9.17, 15) is 0 Å². The van der Waals surface area contributed by atoms with Gasteiger partial charge < -0.3 is 16.0 Å². The largest absolute Gasteiger partial charge is 0.397 e. The fourth-order valence-electron chi connectivity index (χ4n) is 2.72. The number of anilines is 2. The van der Waals surface area contributed by atoms with Gasteiger partial charge in [-0.3, -0.25) is 4.90 Å². The maximum atomic E-state index is 8.97. The van der Waals surface area contributed by atoms with E-state index >= 15 is 0 Å². The number of thiophene rings is 1. The monoisotopic (exact) mass is 307 g/mol. The quantitative estimate of drug-likeness (QED) is 0.869. The molecule has 1 aliphatic rings. The van der Waals surface area contributed by atoms with Crippen LogP contribution in [0.25, 0.3) is 0 Å². The normalized spacial score (nSPS) is 18.6. The summed E-state index contributed by atoms with van der Waals surface area (Å²) in [5.41, 5.74) is 6.38. The van der Waals surface area contributed by atoms with E-state index in [1.54, 1.807) is 0 Å². The lowest BCUT2D eigenvalue weighted by molar-refractivity contribution is 0.0944. The highest BCUT2D eigenvalue weighted by Gasteiger charge is 2.24. The topological polar surface area (TPSA) is 68.3 Å². The Bertz CT molecular complexity index is 497. The number of nitrogens with one attached hydrogen (secondary N) is 1. The lowest BCUT2D eigenvalue weighted by atomic mass is 10.0. The van der Waals surface area contributed by atoms with Gasteiger partial charge in [0.05, 0.1) is 10.7 Å². The van der Waals surface area contributed by atoms with Crippen molar-refractivity contribution in [2.75, 3.05) is 50.8 Å². The highest BCUT2D eigenvalue weighted by Crippen LogP contribution is 2.28. The molecule has 0 amide bonds. The number of hydrogen-bond acceptors (Lipinski definition) is 6. The number of nitriles is 1. The van der Waals surface area contributed by atoms with Crippen LogP contribution in [0.4, 0.5) is 10.7 Å². The van der Waals surface area contributed by atoms with E-state index in [2.05, 4.69) is 42.1 Å². The Labute approximate surface area is 131 Å². The van der Waals surface area contributed by atoms with Gasteiger partial charge in [-0.25, -0.2) is 0 Å². The van der Waals surface area contributed by atoms with E-state index in [0.717, 1.165) is 37.7 Å². The zero-order valence-electron chi connectivity index (χ0n) is 13.1. The molecular formula is C15H25N5S. The second-order valence-electron chi connectivity index (χ2n) is 6.04. The van der Waals surface area contributed by atoms with Crippen molar-refractivity contribution in [3.63, 3.8) is 0 Å². The first-order chi connectivity index (χ1) is 10.0. The van der Waals surface area contributed by atoms with Crippen LogP contribution in [-0.2, 0) is 0 Å². The van der Waals surface area contributed by atoms with Crippen molar-refractivity contribution < 1.29 is 0 Å². The molecule has 21 heavy (non-hydrogen) atoms. The van der Waals surface area contributed by atoms with Crippen LogP contribution in [0, 0.1) is 17.2 Å². The summed E-state index contributed by atoms with van der Waals surface area (Å²) in [6.45, 7) is 9.95. The minimum absolute atomic E-state index is 0.507. The number of nitrogen functional groups attached to an aromatic ring is 1. The Morgan fingerprint density at radius 2 is 2.05 bits per heavy atom. The molecule has 1 unspecified atom stereocenters. The van der Waals surface area contributed by atoms with E-state index in [1.807, 2.05) is 6.07 Å². The Balaban J connectivity index is 1.95. The molecule has 0 spiro atoms. The van der Waals surface area contributed by atoms with Crippen LogP contribution in [-0.4, -0.2) is 55.6 Å². The third-order valence-corrected chi connectivity index (χ3v) is 5.14. The van der Waals surface area contributed by atoms with Crippen molar-refractivity contribution in [1.82, 2.24) is 9.80 Å². The standard InChI is InChI=1S/C15H25N5S/c1-11(2)13(20-6-4-19(3)5-7-20)10-18-15-8-12(17)14(9-16)21-15/h8,11,13,18H,4-7,10,17H2,1-3H3. The average molecular weight is 307 g/mol. The molecule has 116 valence electrons. The summed E-state index contributed by atoms with van der Waals surface area (Å²) in [6, 6.07) is 4.50. The van der Waals surface area contributed by atoms with E-state index in [1.165, 1.54) is 11.3 Å². The van der Waals surface area contributed by atoms with Crippen molar-refractivity contribution in [1.29, 1.82) is 5.26 Å². The van der Waals surface area contributed by atoms with Crippen molar-refractivity contribution in [2.24, 2.45) is 5.92 Å². The highest BCUT2D eigenvalue weighted by molar-refractivity contribution is 7.17. The molecule has 6 heteroatoms. The van der Waals surface area contributed by atoms with E-state index in [4.69, 9.17) is 11.0 Å². The molecule has 0 saturated carbocycles. The van der Waals surface area contributed by atoms with E-state index < -0.39 is 0 Å². The molecule has 2 rings (SSSR count). The van der Waals surface area contributed by atoms with Crippen molar-refractivity contribution in [2.45, 2.75) is 19.9 Å². The van der Waals surface area contributed by atoms with Gasteiger partial charge in [0, 0.05) is 38.8 Å². The van der Waals surface area contributed by atoms with Crippen molar-refractivity contribution >= 4 is 22.0 Å². The van der Waals surface area contributed by atoms with Gasteiger partial charge in [0.25, 0.3) is 0 Å². The summed E-state index contributed by atoms with van der Waals surface area (Å²) < 4.78 is 0. The van der Waals surface area contributed by atoms with Crippen molar-refractivity contribution in [3.8, 4) is 6.07 Å². The highest BCUT2D eigenvalue weighted by atomic mass is 32.1. The van der Waals surface area contributed by atoms with Crippen LogP contribution in [0.2, 0.25) is 0 Å². The minimum Gasteiger partial charge on any atom is -0.397 e. The van der Waals surface area contributed by atoms with Crippen LogP contribution < -0.4 is 11.1 Å². The van der Waals surface area contributed by atoms with Gasteiger partial charge in [0.15, 0.2) is 0 Å². The van der Waals surface area contributed by atoms with Gasteiger partial charge in [-0.1, -0.05) is 13.8 Å². The lowest BCUT2D eigenvalue weighted by Gasteiger charge is -2.40. The van der Waals surface area contributed by atoms with Gasteiger partial charge in [-0.15, -0.1) is 11.3 Å². The fraction of sp³-hybridized carbons (Fsp3) is 0.667. The number of nitrogens with two attached hydrogens (primary N) is 1. The summed E-state index contributed by atoms with van der Waals surface area (Å²) in [5, 5.41) is 13.4. The first kappa shape index (κ1) is 16.1. The summed E-state index contributed by atoms with van der Waals surface area (Å²) in [4.78, 5) is 5.54. The molecule has 5 nitrogen and oxygen atoms in total. The van der Waals surface area contributed by atoms with Crippen LogP contribution in [0.5, 0.6) is 0 Å². The number of piperazine rings is 1. The number of hydrogen-bond donors (Lipinski definition) is 2. The second-order valence-corrected chi connectivity index (χ2v) is 7.09. The van der Waals surface area contributed by atoms with Gasteiger partial charge in [0.2, 0.25) is 0 Å². The number of likely N-dealkylation sites (N-methyl/N-ethyl adjacent to an activating group) is 1. The third kappa shape index (κ3) is 4.10. The summed E-state index contributed by atoms with van der Waals surface area (Å²) in [7, 11) is 2.18. The first-order valence-electron chi connectivity index (χ1n) is 7.47. The molecule has 0 aromatic carbocycles. The molecule has 0 aliphatic carbocycles. The Morgan fingerprint density at radius 3 is 2.57 bits per heavy atom. The van der Waals surface area contributed by atoms with Gasteiger partial charge in [-0.05, 0) is 19.0 Å². The second kappa shape index (κ2) is 7.12. The lowest BCUT2D eigenvalue weighted by Crippen LogP contribution is -2.52. The maximum absolute atomic E-state index is 8.97. The molecule has 1 fully saturated rings.